The van der Waals surface area contributed by atoms with E-state index >= 15 is 0 Å². The topological polar surface area (TPSA) is 72.9 Å². The van der Waals surface area contributed by atoms with Gasteiger partial charge in [0.15, 0.2) is 0 Å². The van der Waals surface area contributed by atoms with E-state index in [4.69, 9.17) is 5.73 Å². The molecule has 1 saturated heterocycles. The van der Waals surface area contributed by atoms with E-state index in [1.54, 1.807) is 6.20 Å². The summed E-state index contributed by atoms with van der Waals surface area (Å²) in [6.45, 7) is 1.82. The Hall–Kier alpha value is -1.36. The smallest absolute Gasteiger partial charge is 0.250 e. The number of rotatable bonds is 1. The minimum absolute atomic E-state index is 0.0585. The van der Waals surface area contributed by atoms with Gasteiger partial charge in [-0.1, -0.05) is 0 Å². The lowest BCUT2D eigenvalue weighted by Gasteiger charge is -2.20. The monoisotopic (exact) mass is 194 g/mol. The van der Waals surface area contributed by atoms with Crippen LogP contribution in [0.1, 0.15) is 17.6 Å². The normalized spacial score (nSPS) is 18.3. The van der Waals surface area contributed by atoms with Gasteiger partial charge in [-0.3, -0.25) is 4.79 Å². The number of carbonyl (C=O) groups is 1. The molecule has 0 aliphatic carbocycles. The minimum Gasteiger partial charge on any atom is -0.396 e. The molecule has 0 unspecified atom stereocenters. The van der Waals surface area contributed by atoms with Gasteiger partial charge >= 0.3 is 0 Å². The standard InChI is InChI=1S/C9H14N4O/c10-8-5-12-13(6-8)9(14)7-1-3-11-4-2-7/h5-7,11H,1-4,10H2. The van der Waals surface area contributed by atoms with Gasteiger partial charge in [0, 0.05) is 5.92 Å². The van der Waals surface area contributed by atoms with Crippen molar-refractivity contribution in [3.05, 3.63) is 12.4 Å². The fraction of sp³-hybridized carbons (Fsp3) is 0.556. The second-order valence-electron chi connectivity index (χ2n) is 3.58. The fourth-order valence-corrected chi connectivity index (χ4v) is 1.71. The first-order valence-electron chi connectivity index (χ1n) is 4.82. The highest BCUT2D eigenvalue weighted by Gasteiger charge is 2.22. The summed E-state index contributed by atoms with van der Waals surface area (Å²) in [6, 6.07) is 0. The molecule has 5 nitrogen and oxygen atoms in total. The lowest BCUT2D eigenvalue weighted by atomic mass is 9.97. The Morgan fingerprint density at radius 3 is 2.86 bits per heavy atom. The maximum atomic E-state index is 11.8. The Kier molecular flexibility index (Phi) is 2.49. The van der Waals surface area contributed by atoms with Crippen molar-refractivity contribution >= 4 is 11.6 Å². The molecule has 0 amide bonds. The predicted molar refractivity (Wildman–Crippen MR) is 52.9 cm³/mol. The Morgan fingerprint density at radius 2 is 2.29 bits per heavy atom. The fourth-order valence-electron chi connectivity index (χ4n) is 1.71. The third kappa shape index (κ3) is 1.77. The highest BCUT2D eigenvalue weighted by Crippen LogP contribution is 2.14. The van der Waals surface area contributed by atoms with Gasteiger partial charge in [-0.05, 0) is 25.9 Å². The van der Waals surface area contributed by atoms with Crippen molar-refractivity contribution < 1.29 is 4.79 Å². The summed E-state index contributed by atoms with van der Waals surface area (Å²) < 4.78 is 1.35. The Labute approximate surface area is 82.3 Å². The molecule has 1 aromatic rings. The minimum atomic E-state index is 0.0585. The lowest BCUT2D eigenvalue weighted by molar-refractivity contribution is 0.0790. The summed E-state index contributed by atoms with van der Waals surface area (Å²) in [7, 11) is 0. The van der Waals surface area contributed by atoms with Gasteiger partial charge < -0.3 is 11.1 Å². The highest BCUT2D eigenvalue weighted by atomic mass is 16.2. The van der Waals surface area contributed by atoms with Gasteiger partial charge in [0.05, 0.1) is 18.1 Å². The molecule has 1 fully saturated rings. The number of nitrogens with zero attached hydrogens (tertiary/aromatic N) is 2. The number of nitrogen functional groups attached to an aromatic ring is 1. The van der Waals surface area contributed by atoms with E-state index in [1.807, 2.05) is 0 Å². The van der Waals surface area contributed by atoms with Crippen LogP contribution in [-0.4, -0.2) is 28.8 Å². The Morgan fingerprint density at radius 1 is 1.57 bits per heavy atom. The van der Waals surface area contributed by atoms with Gasteiger partial charge in [0.1, 0.15) is 0 Å². The summed E-state index contributed by atoms with van der Waals surface area (Å²) in [4.78, 5) is 11.8. The average molecular weight is 194 g/mol. The third-order valence-corrected chi connectivity index (χ3v) is 2.52. The number of hydrogen-bond donors (Lipinski definition) is 2. The average Bonchev–Trinajstić information content (AvgIpc) is 2.65. The number of aromatic nitrogens is 2. The first-order valence-corrected chi connectivity index (χ1v) is 4.82. The van der Waals surface area contributed by atoms with Crippen molar-refractivity contribution in [2.24, 2.45) is 5.92 Å². The molecule has 14 heavy (non-hydrogen) atoms. The van der Waals surface area contributed by atoms with Crippen LogP contribution in [0.5, 0.6) is 0 Å². The number of carbonyl (C=O) groups excluding carboxylic acids is 1. The number of hydrogen-bond acceptors (Lipinski definition) is 4. The first-order chi connectivity index (χ1) is 6.77. The number of anilines is 1. The van der Waals surface area contributed by atoms with Crippen molar-refractivity contribution in [2.75, 3.05) is 18.8 Å². The van der Waals surface area contributed by atoms with Crippen LogP contribution in [0.2, 0.25) is 0 Å². The van der Waals surface area contributed by atoms with Gasteiger partial charge in [-0.15, -0.1) is 0 Å². The van der Waals surface area contributed by atoms with E-state index in [0.717, 1.165) is 25.9 Å². The molecular weight excluding hydrogens is 180 g/mol. The number of nitrogens with two attached hydrogens (primary N) is 1. The van der Waals surface area contributed by atoms with Gasteiger partial charge in [-0.2, -0.15) is 5.10 Å². The van der Waals surface area contributed by atoms with E-state index in [0.29, 0.717) is 5.69 Å². The van der Waals surface area contributed by atoms with Gasteiger partial charge in [0.25, 0.3) is 0 Å². The van der Waals surface area contributed by atoms with E-state index in [1.165, 1.54) is 10.9 Å². The summed E-state index contributed by atoms with van der Waals surface area (Å²) in [6.07, 6.45) is 4.85. The second-order valence-corrected chi connectivity index (χ2v) is 3.58. The van der Waals surface area contributed by atoms with Crippen LogP contribution in [-0.2, 0) is 0 Å². The SMILES string of the molecule is Nc1cnn(C(=O)C2CCNCC2)c1. The number of piperidine rings is 1. The molecule has 0 spiro atoms. The zero-order valence-electron chi connectivity index (χ0n) is 7.94. The summed E-state index contributed by atoms with van der Waals surface area (Å²) in [5, 5.41) is 7.13. The van der Waals surface area contributed by atoms with Gasteiger partial charge in [0.2, 0.25) is 5.91 Å². The second kappa shape index (κ2) is 3.79. The van der Waals surface area contributed by atoms with Gasteiger partial charge in [-0.25, -0.2) is 4.68 Å². The molecular formula is C9H14N4O. The van der Waals surface area contributed by atoms with E-state index in [-0.39, 0.29) is 11.8 Å². The van der Waals surface area contributed by atoms with Crippen LogP contribution in [0.4, 0.5) is 5.69 Å². The zero-order valence-corrected chi connectivity index (χ0v) is 7.94. The molecule has 0 bridgehead atoms. The van der Waals surface area contributed by atoms with Crippen molar-refractivity contribution in [1.29, 1.82) is 0 Å². The molecule has 76 valence electrons. The Balaban J connectivity index is 2.07. The molecule has 0 atom stereocenters. The van der Waals surface area contributed by atoms with Crippen molar-refractivity contribution in [2.45, 2.75) is 12.8 Å². The van der Waals surface area contributed by atoms with Crippen LogP contribution in [0.3, 0.4) is 0 Å². The van der Waals surface area contributed by atoms with E-state index in [9.17, 15) is 4.79 Å². The molecule has 2 heterocycles. The van der Waals surface area contributed by atoms with Crippen molar-refractivity contribution in [3.8, 4) is 0 Å². The molecule has 5 heteroatoms. The maximum Gasteiger partial charge on any atom is 0.250 e. The first kappa shape index (κ1) is 9.21. The lowest BCUT2D eigenvalue weighted by Crippen LogP contribution is -2.34. The molecule has 0 saturated carbocycles. The Bertz CT molecular complexity index is 327. The molecule has 1 aromatic heterocycles. The molecule has 0 radical (unpaired) electrons. The molecule has 3 N–H and O–H groups in total. The van der Waals surface area contributed by atoms with E-state index in [2.05, 4.69) is 10.4 Å². The van der Waals surface area contributed by atoms with Crippen molar-refractivity contribution in [3.63, 3.8) is 0 Å². The quantitative estimate of drug-likeness (QED) is 0.665. The van der Waals surface area contributed by atoms with Crippen LogP contribution in [0, 0.1) is 5.92 Å². The third-order valence-electron chi connectivity index (χ3n) is 2.52. The number of nitrogens with one attached hydrogen (secondary N) is 1. The van der Waals surface area contributed by atoms with Crippen LogP contribution >= 0.6 is 0 Å². The molecule has 0 aromatic carbocycles. The molecule has 2 rings (SSSR count). The highest BCUT2D eigenvalue weighted by molar-refractivity contribution is 5.81. The molecule has 1 aliphatic rings. The zero-order chi connectivity index (χ0) is 9.97. The maximum absolute atomic E-state index is 11.8. The summed E-state index contributed by atoms with van der Waals surface area (Å²) in [5.74, 6) is 0.152. The summed E-state index contributed by atoms with van der Waals surface area (Å²) >= 11 is 0. The predicted octanol–water partition coefficient (Wildman–Crippen LogP) is 0.105. The van der Waals surface area contributed by atoms with Crippen molar-refractivity contribution in [1.82, 2.24) is 15.1 Å². The van der Waals surface area contributed by atoms with Crippen LogP contribution in [0.25, 0.3) is 0 Å². The van der Waals surface area contributed by atoms with E-state index < -0.39 is 0 Å². The largest absolute Gasteiger partial charge is 0.396 e. The van der Waals surface area contributed by atoms with Crippen LogP contribution < -0.4 is 11.1 Å². The van der Waals surface area contributed by atoms with Crippen LogP contribution in [0.15, 0.2) is 12.4 Å². The molecule has 1 aliphatic heterocycles. The summed E-state index contributed by atoms with van der Waals surface area (Å²) in [5.41, 5.74) is 6.03.